The quantitative estimate of drug-likeness (QED) is 0.289. The molecule has 29 heavy (non-hydrogen) atoms. The van der Waals surface area contributed by atoms with Gasteiger partial charge in [-0.05, 0) is 82.4 Å². The van der Waals surface area contributed by atoms with Gasteiger partial charge in [0.05, 0.1) is 0 Å². The maximum atomic E-state index is 3.26. The minimum atomic E-state index is 0.967. The summed E-state index contributed by atoms with van der Waals surface area (Å²) < 4.78 is 0. The Bertz CT molecular complexity index is 1280. The van der Waals surface area contributed by atoms with Crippen LogP contribution in [0.25, 0.3) is 10.8 Å². The van der Waals surface area contributed by atoms with E-state index in [0.29, 0.717) is 0 Å². The Balaban J connectivity index is 1.49. The highest BCUT2D eigenvalue weighted by atomic mass is 31.0. The smallest absolute Gasteiger partial charge is 0.0255 e. The third kappa shape index (κ3) is 5.14. The normalized spacial score (nSPS) is 10.0. The molecule has 2 atom stereocenters. The largest absolute Gasteiger partial charge is 0.133 e. The Morgan fingerprint density at radius 2 is 0.966 bits per heavy atom. The van der Waals surface area contributed by atoms with Gasteiger partial charge in [0, 0.05) is 22.3 Å². The van der Waals surface area contributed by atoms with Crippen LogP contribution in [-0.4, -0.2) is 0 Å². The molecule has 2 heteroatoms. The van der Waals surface area contributed by atoms with Crippen LogP contribution in [0.5, 0.6) is 0 Å². The number of hydrogen-bond donors (Lipinski definition) is 0. The summed E-state index contributed by atoms with van der Waals surface area (Å²) in [5.41, 5.74) is 5.32. The van der Waals surface area contributed by atoms with E-state index in [2.05, 4.69) is 103 Å². The Morgan fingerprint density at radius 1 is 0.517 bits per heavy atom. The molecule has 0 nitrogen and oxygen atoms in total. The molecule has 2 unspecified atom stereocenters. The molecule has 0 bridgehead atoms. The molecule has 0 aromatic heterocycles. The lowest BCUT2D eigenvalue weighted by Gasteiger charge is -2.00. The average molecular weight is 406 g/mol. The van der Waals surface area contributed by atoms with Crippen LogP contribution in [0.2, 0.25) is 0 Å². The van der Waals surface area contributed by atoms with Crippen molar-refractivity contribution in [3.63, 3.8) is 0 Å². The first kappa shape index (κ1) is 19.4. The van der Waals surface area contributed by atoms with Crippen LogP contribution in [0.1, 0.15) is 27.8 Å². The molecule has 4 aromatic carbocycles. The average Bonchev–Trinajstić information content (AvgIpc) is 2.77. The molecule has 0 saturated carbocycles. The summed E-state index contributed by atoms with van der Waals surface area (Å²) in [6.07, 6.45) is 0.967. The zero-order valence-corrected chi connectivity index (χ0v) is 18.3. The second-order valence-corrected chi connectivity index (χ2v) is 7.87. The van der Waals surface area contributed by atoms with Gasteiger partial charge in [-0.3, -0.25) is 0 Å². The zero-order valence-electron chi connectivity index (χ0n) is 15.9. The molecular formula is C27H20P2. The van der Waals surface area contributed by atoms with Gasteiger partial charge in [0.25, 0.3) is 0 Å². The third-order valence-corrected chi connectivity index (χ3v) is 5.47. The van der Waals surface area contributed by atoms with E-state index in [0.717, 1.165) is 28.4 Å². The molecule has 0 aliphatic rings. The molecule has 0 aliphatic heterocycles. The highest BCUT2D eigenvalue weighted by Crippen LogP contribution is 2.15. The van der Waals surface area contributed by atoms with E-state index in [4.69, 9.17) is 0 Å². The lowest BCUT2D eigenvalue weighted by Crippen LogP contribution is -1.88. The van der Waals surface area contributed by atoms with Crippen molar-refractivity contribution in [3.8, 4) is 23.7 Å². The van der Waals surface area contributed by atoms with Crippen LogP contribution in [0, 0.1) is 23.7 Å². The SMILES string of the molecule is PCc1ccc(C#Cc2ccc(C#Cc3ccc4cc(P)ccc4c3)cc2)cc1. The lowest BCUT2D eigenvalue weighted by molar-refractivity contribution is 1.41. The molecule has 4 rings (SSSR count). The molecule has 4 aromatic rings. The van der Waals surface area contributed by atoms with Gasteiger partial charge in [-0.25, -0.2) is 0 Å². The van der Waals surface area contributed by atoms with Crippen molar-refractivity contribution in [1.29, 1.82) is 0 Å². The highest BCUT2D eigenvalue weighted by Gasteiger charge is 1.96. The summed E-state index contributed by atoms with van der Waals surface area (Å²) in [6, 6.07) is 29.2. The first-order valence-electron chi connectivity index (χ1n) is 9.42. The first-order valence-corrected chi connectivity index (χ1v) is 10.8. The third-order valence-electron chi connectivity index (χ3n) is 4.64. The number of hydrogen-bond acceptors (Lipinski definition) is 0. The summed E-state index contributed by atoms with van der Waals surface area (Å²) in [5.74, 6) is 12.9. The number of rotatable bonds is 1. The molecule has 138 valence electrons. The Labute approximate surface area is 177 Å². The van der Waals surface area contributed by atoms with Gasteiger partial charge in [-0.15, -0.1) is 18.5 Å². The topological polar surface area (TPSA) is 0 Å². The molecule has 0 amide bonds. The van der Waals surface area contributed by atoms with Crippen molar-refractivity contribution in [1.82, 2.24) is 0 Å². The van der Waals surface area contributed by atoms with E-state index in [1.165, 1.54) is 21.6 Å². The standard InChI is InChI=1S/C27H20P2/c28-19-24-11-8-22(9-12-24)6-3-20-1-4-21(5-2-20)7-10-23-13-14-26-18-27(29)16-15-25(26)17-23/h1-2,4-5,8-9,11-18H,19,28-29H2. The van der Waals surface area contributed by atoms with Gasteiger partial charge in [0.15, 0.2) is 0 Å². The summed E-state index contributed by atoms with van der Waals surface area (Å²) in [4.78, 5) is 0. The van der Waals surface area contributed by atoms with Crippen molar-refractivity contribution in [3.05, 3.63) is 113 Å². The summed E-state index contributed by atoms with van der Waals surface area (Å²) >= 11 is 0. The molecule has 0 spiro atoms. The lowest BCUT2D eigenvalue weighted by atomic mass is 10.1. The maximum Gasteiger partial charge on any atom is 0.0255 e. The Kier molecular flexibility index (Phi) is 6.09. The van der Waals surface area contributed by atoms with Gasteiger partial charge in [-0.2, -0.15) is 0 Å². The minimum absolute atomic E-state index is 0.967. The molecule has 0 N–H and O–H groups in total. The van der Waals surface area contributed by atoms with Gasteiger partial charge in [0.2, 0.25) is 0 Å². The van der Waals surface area contributed by atoms with E-state index >= 15 is 0 Å². The van der Waals surface area contributed by atoms with Crippen LogP contribution >= 0.6 is 18.5 Å². The van der Waals surface area contributed by atoms with Crippen LogP contribution in [0.15, 0.2) is 84.9 Å². The van der Waals surface area contributed by atoms with E-state index < -0.39 is 0 Å². The number of benzene rings is 4. The monoisotopic (exact) mass is 406 g/mol. The maximum absolute atomic E-state index is 3.26. The zero-order chi connectivity index (χ0) is 20.1. The molecule has 0 fully saturated rings. The van der Waals surface area contributed by atoms with Crippen LogP contribution in [0.3, 0.4) is 0 Å². The van der Waals surface area contributed by atoms with Crippen LogP contribution in [0.4, 0.5) is 0 Å². The fraction of sp³-hybridized carbons (Fsp3) is 0.0370. The molecule has 0 heterocycles. The van der Waals surface area contributed by atoms with Gasteiger partial charge in [0.1, 0.15) is 0 Å². The first-order chi connectivity index (χ1) is 14.2. The Hall–Kier alpha value is -2.88. The summed E-state index contributed by atoms with van der Waals surface area (Å²) in [7, 11) is 5.47. The van der Waals surface area contributed by atoms with Crippen LogP contribution < -0.4 is 5.30 Å². The number of fused-ring (bicyclic) bond motifs is 1. The van der Waals surface area contributed by atoms with Gasteiger partial charge >= 0.3 is 0 Å². The second-order valence-electron chi connectivity index (χ2n) is 6.80. The molecular weight excluding hydrogens is 386 g/mol. The van der Waals surface area contributed by atoms with Crippen LogP contribution in [-0.2, 0) is 6.16 Å². The van der Waals surface area contributed by atoms with Gasteiger partial charge < -0.3 is 0 Å². The summed E-state index contributed by atoms with van der Waals surface area (Å²) in [6.45, 7) is 0. The van der Waals surface area contributed by atoms with Crippen molar-refractivity contribution < 1.29 is 0 Å². The predicted octanol–water partition coefficient (Wildman–Crippen LogP) is 5.51. The van der Waals surface area contributed by atoms with E-state index in [1.807, 2.05) is 24.3 Å². The highest BCUT2D eigenvalue weighted by molar-refractivity contribution is 7.27. The molecule has 0 radical (unpaired) electrons. The summed E-state index contributed by atoms with van der Waals surface area (Å²) in [5, 5.41) is 3.63. The minimum Gasteiger partial charge on any atom is -0.133 e. The fourth-order valence-electron chi connectivity index (χ4n) is 2.99. The van der Waals surface area contributed by atoms with E-state index in [1.54, 1.807) is 0 Å². The molecule has 0 saturated heterocycles. The fourth-order valence-corrected chi connectivity index (χ4v) is 3.54. The van der Waals surface area contributed by atoms with Crippen molar-refractivity contribution in [2.45, 2.75) is 6.16 Å². The predicted molar refractivity (Wildman–Crippen MR) is 132 cm³/mol. The Morgan fingerprint density at radius 3 is 1.55 bits per heavy atom. The van der Waals surface area contributed by atoms with E-state index in [9.17, 15) is 0 Å². The van der Waals surface area contributed by atoms with Gasteiger partial charge in [-0.1, -0.05) is 54.0 Å². The molecule has 0 aliphatic carbocycles. The second kappa shape index (κ2) is 9.08. The van der Waals surface area contributed by atoms with E-state index in [-0.39, 0.29) is 0 Å². The van der Waals surface area contributed by atoms with Crippen molar-refractivity contribution in [2.24, 2.45) is 0 Å². The van der Waals surface area contributed by atoms with Crippen molar-refractivity contribution >= 4 is 34.6 Å². The van der Waals surface area contributed by atoms with Crippen molar-refractivity contribution in [2.75, 3.05) is 0 Å².